The van der Waals surface area contributed by atoms with Crippen LogP contribution in [0.25, 0.3) is 6.08 Å². The Labute approximate surface area is 89.0 Å². The van der Waals surface area contributed by atoms with Gasteiger partial charge in [0.1, 0.15) is 5.82 Å². The summed E-state index contributed by atoms with van der Waals surface area (Å²) in [4.78, 5) is 17.7. The second kappa shape index (κ2) is 4.77. The van der Waals surface area contributed by atoms with Crippen molar-refractivity contribution in [2.24, 2.45) is 5.92 Å². The number of aromatic nitrogens is 2. The molecule has 0 aliphatic heterocycles. The monoisotopic (exact) mass is 208 g/mol. The van der Waals surface area contributed by atoms with Gasteiger partial charge in [0.05, 0.1) is 5.69 Å². The topological polar surface area (TPSA) is 66.0 Å². The van der Waals surface area contributed by atoms with E-state index in [0.29, 0.717) is 11.7 Å². The molecule has 0 aliphatic rings. The molecule has 15 heavy (non-hydrogen) atoms. The van der Waals surface area contributed by atoms with Crippen molar-refractivity contribution in [1.82, 2.24) is 9.97 Å². The fourth-order valence-electron chi connectivity index (χ4n) is 1.34. The number of imidazole rings is 1. The van der Waals surface area contributed by atoms with Gasteiger partial charge in [-0.2, -0.15) is 0 Å². The van der Waals surface area contributed by atoms with Crippen molar-refractivity contribution in [2.45, 2.75) is 27.2 Å². The molecule has 0 spiro atoms. The van der Waals surface area contributed by atoms with Crippen molar-refractivity contribution in [3.8, 4) is 0 Å². The number of aromatic amines is 1. The molecular weight excluding hydrogens is 192 g/mol. The molecular formula is C11H16N2O2. The molecule has 0 fully saturated rings. The minimum Gasteiger partial charge on any atom is -0.478 e. The molecule has 0 radical (unpaired) electrons. The van der Waals surface area contributed by atoms with E-state index in [4.69, 9.17) is 5.11 Å². The summed E-state index contributed by atoms with van der Waals surface area (Å²) >= 11 is 0. The summed E-state index contributed by atoms with van der Waals surface area (Å²) in [5.41, 5.74) is 2.02. The lowest BCUT2D eigenvalue weighted by atomic mass is 10.1. The number of rotatable bonds is 4. The van der Waals surface area contributed by atoms with E-state index >= 15 is 0 Å². The lowest BCUT2D eigenvalue weighted by Gasteiger charge is -2.00. The van der Waals surface area contributed by atoms with E-state index in [0.717, 1.165) is 23.9 Å². The van der Waals surface area contributed by atoms with Crippen LogP contribution in [0, 0.1) is 12.8 Å². The summed E-state index contributed by atoms with van der Waals surface area (Å²) < 4.78 is 0. The van der Waals surface area contributed by atoms with E-state index in [1.165, 1.54) is 6.08 Å². The quantitative estimate of drug-likeness (QED) is 0.744. The first-order valence-corrected chi connectivity index (χ1v) is 4.95. The number of aryl methyl sites for hydroxylation is 1. The average Bonchev–Trinajstić information content (AvgIpc) is 2.43. The Bertz CT molecular complexity index is 378. The van der Waals surface area contributed by atoms with Crippen LogP contribution in [0.4, 0.5) is 0 Å². The molecule has 4 heteroatoms. The zero-order chi connectivity index (χ0) is 11.4. The van der Waals surface area contributed by atoms with Crippen LogP contribution in [0.1, 0.15) is 31.1 Å². The second-order valence-corrected chi connectivity index (χ2v) is 3.96. The Kier molecular flexibility index (Phi) is 3.66. The second-order valence-electron chi connectivity index (χ2n) is 3.96. The Hall–Kier alpha value is -1.58. The third-order valence-corrected chi connectivity index (χ3v) is 1.99. The summed E-state index contributed by atoms with van der Waals surface area (Å²) in [6.07, 6.45) is 3.46. The highest BCUT2D eigenvalue weighted by molar-refractivity contribution is 5.84. The van der Waals surface area contributed by atoms with Crippen LogP contribution in [0.15, 0.2) is 6.08 Å². The predicted molar refractivity (Wildman–Crippen MR) is 58.5 cm³/mol. The maximum Gasteiger partial charge on any atom is 0.328 e. The smallest absolute Gasteiger partial charge is 0.328 e. The van der Waals surface area contributed by atoms with Crippen LogP contribution >= 0.6 is 0 Å². The number of nitrogens with one attached hydrogen (secondary N) is 1. The van der Waals surface area contributed by atoms with Crippen molar-refractivity contribution in [3.05, 3.63) is 23.3 Å². The van der Waals surface area contributed by atoms with Gasteiger partial charge in [-0.05, 0) is 25.3 Å². The minimum atomic E-state index is -0.963. The SMILES string of the molecule is Cc1[nH]c(/C=C/C(=O)O)nc1CC(C)C. The summed E-state index contributed by atoms with van der Waals surface area (Å²) in [6, 6.07) is 0. The highest BCUT2D eigenvalue weighted by Gasteiger charge is 2.06. The zero-order valence-electron chi connectivity index (χ0n) is 9.24. The van der Waals surface area contributed by atoms with Gasteiger partial charge < -0.3 is 10.1 Å². The van der Waals surface area contributed by atoms with Gasteiger partial charge in [-0.3, -0.25) is 0 Å². The van der Waals surface area contributed by atoms with Gasteiger partial charge in [0, 0.05) is 11.8 Å². The molecule has 0 unspecified atom stereocenters. The van der Waals surface area contributed by atoms with Gasteiger partial charge in [-0.1, -0.05) is 13.8 Å². The summed E-state index contributed by atoms with van der Waals surface area (Å²) in [5.74, 6) is 0.184. The number of aliphatic carboxylic acids is 1. The predicted octanol–water partition coefficient (Wildman–Crippen LogP) is 2.01. The lowest BCUT2D eigenvalue weighted by molar-refractivity contribution is -0.131. The van der Waals surface area contributed by atoms with Crippen LogP contribution in [0.3, 0.4) is 0 Å². The van der Waals surface area contributed by atoms with Gasteiger partial charge in [0.25, 0.3) is 0 Å². The normalized spacial score (nSPS) is 11.5. The number of nitrogens with zero attached hydrogens (tertiary/aromatic N) is 1. The van der Waals surface area contributed by atoms with Crippen molar-refractivity contribution >= 4 is 12.0 Å². The number of carboxylic acids is 1. The lowest BCUT2D eigenvalue weighted by Crippen LogP contribution is -1.96. The number of carboxylic acid groups (broad SMARTS) is 1. The van der Waals surface area contributed by atoms with Crippen LogP contribution in [0.2, 0.25) is 0 Å². The Morgan fingerprint density at radius 1 is 1.60 bits per heavy atom. The van der Waals surface area contributed by atoms with E-state index in [9.17, 15) is 4.79 Å². The molecule has 1 rings (SSSR count). The molecule has 0 amide bonds. The van der Waals surface area contributed by atoms with Crippen molar-refractivity contribution in [2.75, 3.05) is 0 Å². The summed E-state index contributed by atoms with van der Waals surface area (Å²) in [5, 5.41) is 8.47. The molecule has 1 aromatic heterocycles. The molecule has 0 saturated carbocycles. The number of carbonyl (C=O) groups is 1. The zero-order valence-corrected chi connectivity index (χ0v) is 9.24. The fourth-order valence-corrected chi connectivity index (χ4v) is 1.34. The maximum atomic E-state index is 10.3. The molecule has 1 aromatic rings. The van der Waals surface area contributed by atoms with Crippen LogP contribution in [0.5, 0.6) is 0 Å². The molecule has 0 atom stereocenters. The first kappa shape index (κ1) is 11.5. The minimum absolute atomic E-state index is 0.545. The van der Waals surface area contributed by atoms with Gasteiger partial charge in [0.15, 0.2) is 0 Å². The van der Waals surface area contributed by atoms with Crippen LogP contribution in [-0.2, 0) is 11.2 Å². The largest absolute Gasteiger partial charge is 0.478 e. The van der Waals surface area contributed by atoms with E-state index in [2.05, 4.69) is 23.8 Å². The number of H-pyrrole nitrogens is 1. The fraction of sp³-hybridized carbons (Fsp3) is 0.455. The van der Waals surface area contributed by atoms with Crippen LogP contribution in [-0.4, -0.2) is 21.0 Å². The Morgan fingerprint density at radius 3 is 2.80 bits per heavy atom. The molecule has 2 N–H and O–H groups in total. The first-order valence-electron chi connectivity index (χ1n) is 4.95. The average molecular weight is 208 g/mol. The van der Waals surface area contributed by atoms with E-state index in [-0.39, 0.29) is 0 Å². The van der Waals surface area contributed by atoms with Crippen molar-refractivity contribution in [3.63, 3.8) is 0 Å². The molecule has 0 saturated heterocycles. The standard InChI is InChI=1S/C11H16N2O2/c1-7(2)6-9-8(3)12-10(13-9)4-5-11(14)15/h4-5,7H,6H2,1-3H3,(H,12,13)(H,14,15)/b5-4+. The molecule has 0 aromatic carbocycles. The van der Waals surface area contributed by atoms with E-state index < -0.39 is 5.97 Å². The van der Waals surface area contributed by atoms with Gasteiger partial charge in [-0.25, -0.2) is 9.78 Å². The molecule has 0 aliphatic carbocycles. The molecule has 0 bridgehead atoms. The third kappa shape index (κ3) is 3.58. The molecule has 82 valence electrons. The molecule has 4 nitrogen and oxygen atoms in total. The number of hydrogen-bond donors (Lipinski definition) is 2. The van der Waals surface area contributed by atoms with Crippen LogP contribution < -0.4 is 0 Å². The molecule has 1 heterocycles. The van der Waals surface area contributed by atoms with Gasteiger partial charge in [-0.15, -0.1) is 0 Å². The number of hydrogen-bond acceptors (Lipinski definition) is 2. The van der Waals surface area contributed by atoms with E-state index in [1.807, 2.05) is 6.92 Å². The Balaban J connectivity index is 2.81. The first-order chi connectivity index (χ1) is 6.99. The van der Waals surface area contributed by atoms with Gasteiger partial charge in [0.2, 0.25) is 0 Å². The Morgan fingerprint density at radius 2 is 2.27 bits per heavy atom. The summed E-state index contributed by atoms with van der Waals surface area (Å²) in [7, 11) is 0. The van der Waals surface area contributed by atoms with E-state index in [1.54, 1.807) is 0 Å². The van der Waals surface area contributed by atoms with Gasteiger partial charge >= 0.3 is 5.97 Å². The summed E-state index contributed by atoms with van der Waals surface area (Å²) in [6.45, 7) is 6.20. The third-order valence-electron chi connectivity index (χ3n) is 1.99. The highest BCUT2D eigenvalue weighted by Crippen LogP contribution is 2.11. The van der Waals surface area contributed by atoms with Crippen molar-refractivity contribution in [1.29, 1.82) is 0 Å². The maximum absolute atomic E-state index is 10.3. The highest BCUT2D eigenvalue weighted by atomic mass is 16.4. The van der Waals surface area contributed by atoms with Crippen molar-refractivity contribution < 1.29 is 9.90 Å².